The molecule has 176 valence electrons. The maximum Gasteiger partial charge on any atom is 0.407 e. The Morgan fingerprint density at radius 1 is 1.03 bits per heavy atom. The van der Waals surface area contributed by atoms with Gasteiger partial charge in [-0.15, -0.1) is 0 Å². The monoisotopic (exact) mass is 455 g/mol. The van der Waals surface area contributed by atoms with Crippen LogP contribution in [-0.2, 0) is 9.47 Å². The lowest BCUT2D eigenvalue weighted by atomic mass is 10.1. The number of aromatic carboxylic acids is 1. The van der Waals surface area contributed by atoms with Gasteiger partial charge in [0.15, 0.2) is 0 Å². The number of pyridine rings is 2. The van der Waals surface area contributed by atoms with Crippen molar-refractivity contribution in [2.75, 3.05) is 26.4 Å². The van der Waals surface area contributed by atoms with Crippen molar-refractivity contribution in [1.82, 2.24) is 15.3 Å². The SMILES string of the molecule is CC(C)(C)OC(=O)NCCCCOCCOc1nc2cc(C(=O)O)ccc2c2cnccc12. The number of alkyl carbamates (subject to hydrolysis) is 1. The zero-order valence-corrected chi connectivity index (χ0v) is 19.1. The minimum Gasteiger partial charge on any atom is -0.478 e. The Morgan fingerprint density at radius 2 is 1.85 bits per heavy atom. The summed E-state index contributed by atoms with van der Waals surface area (Å²) < 4.78 is 16.6. The van der Waals surface area contributed by atoms with Crippen molar-refractivity contribution in [1.29, 1.82) is 0 Å². The van der Waals surface area contributed by atoms with Crippen LogP contribution in [0.25, 0.3) is 21.7 Å². The second-order valence-electron chi connectivity index (χ2n) is 8.47. The van der Waals surface area contributed by atoms with Crippen LogP contribution in [0.1, 0.15) is 44.0 Å². The molecule has 0 bridgehead atoms. The third-order valence-corrected chi connectivity index (χ3v) is 4.66. The molecule has 0 aliphatic carbocycles. The number of carbonyl (C=O) groups excluding carboxylic acids is 1. The Morgan fingerprint density at radius 3 is 2.61 bits per heavy atom. The summed E-state index contributed by atoms with van der Waals surface area (Å²) in [6.07, 6.45) is 4.52. The van der Waals surface area contributed by atoms with Crippen molar-refractivity contribution in [3.8, 4) is 5.88 Å². The van der Waals surface area contributed by atoms with E-state index in [1.54, 1.807) is 24.5 Å². The second-order valence-corrected chi connectivity index (χ2v) is 8.47. The fourth-order valence-electron chi connectivity index (χ4n) is 3.19. The Kier molecular flexibility index (Phi) is 8.00. The van der Waals surface area contributed by atoms with Crippen LogP contribution < -0.4 is 10.1 Å². The molecule has 2 heterocycles. The van der Waals surface area contributed by atoms with Gasteiger partial charge in [0.05, 0.1) is 17.7 Å². The summed E-state index contributed by atoms with van der Waals surface area (Å²) in [5.41, 5.74) is 0.186. The molecule has 1 amide bonds. The van der Waals surface area contributed by atoms with Crippen LogP contribution in [0.15, 0.2) is 36.7 Å². The molecule has 0 saturated carbocycles. The second kappa shape index (κ2) is 10.9. The quantitative estimate of drug-likeness (QED) is 0.345. The summed E-state index contributed by atoms with van der Waals surface area (Å²) in [5.74, 6) is -0.602. The average molecular weight is 456 g/mol. The summed E-state index contributed by atoms with van der Waals surface area (Å²) in [6, 6.07) is 6.63. The number of rotatable bonds is 10. The van der Waals surface area contributed by atoms with Gasteiger partial charge in [-0.25, -0.2) is 14.6 Å². The summed E-state index contributed by atoms with van der Waals surface area (Å²) in [6.45, 7) is 7.20. The molecule has 3 rings (SSSR count). The van der Waals surface area contributed by atoms with E-state index in [2.05, 4.69) is 15.3 Å². The van der Waals surface area contributed by atoms with E-state index >= 15 is 0 Å². The predicted molar refractivity (Wildman–Crippen MR) is 124 cm³/mol. The standard InChI is InChI=1S/C24H29N3O6/c1-24(2,3)33-23(30)26-9-4-5-11-31-12-13-32-21-18-8-10-25-15-19(18)17-7-6-16(22(28)29)14-20(17)27-21/h6-8,10,14-15H,4-5,9,11-13H2,1-3H3,(H,26,30)(H,28,29). The normalized spacial score (nSPS) is 11.5. The Labute approximate surface area is 192 Å². The molecule has 0 aliphatic heterocycles. The largest absolute Gasteiger partial charge is 0.478 e. The highest BCUT2D eigenvalue weighted by atomic mass is 16.6. The number of amides is 1. The number of hydrogen-bond donors (Lipinski definition) is 2. The number of benzene rings is 1. The molecule has 0 saturated heterocycles. The Balaban J connectivity index is 1.47. The predicted octanol–water partition coefficient (Wildman–Crippen LogP) is 4.18. The first-order valence-electron chi connectivity index (χ1n) is 10.8. The zero-order valence-electron chi connectivity index (χ0n) is 19.1. The number of nitrogens with one attached hydrogen (secondary N) is 1. The van der Waals surface area contributed by atoms with Gasteiger partial charge >= 0.3 is 12.1 Å². The van der Waals surface area contributed by atoms with Gasteiger partial charge < -0.3 is 24.6 Å². The highest BCUT2D eigenvalue weighted by molar-refractivity contribution is 6.08. The van der Waals surface area contributed by atoms with Crippen molar-refractivity contribution in [3.63, 3.8) is 0 Å². The van der Waals surface area contributed by atoms with Crippen LogP contribution >= 0.6 is 0 Å². The topological polar surface area (TPSA) is 120 Å². The smallest absolute Gasteiger partial charge is 0.407 e. The molecule has 0 fully saturated rings. The fourth-order valence-corrected chi connectivity index (χ4v) is 3.19. The van der Waals surface area contributed by atoms with Crippen LogP contribution in [0.5, 0.6) is 5.88 Å². The van der Waals surface area contributed by atoms with E-state index in [0.29, 0.717) is 37.8 Å². The summed E-state index contributed by atoms with van der Waals surface area (Å²) in [5, 5.41) is 14.4. The Bertz CT molecular complexity index is 1130. The summed E-state index contributed by atoms with van der Waals surface area (Å²) in [7, 11) is 0. The van der Waals surface area contributed by atoms with E-state index in [-0.39, 0.29) is 5.56 Å². The van der Waals surface area contributed by atoms with Crippen molar-refractivity contribution >= 4 is 33.7 Å². The molecular formula is C24H29N3O6. The minimum absolute atomic E-state index is 0.161. The number of fused-ring (bicyclic) bond motifs is 3. The zero-order chi connectivity index (χ0) is 23.8. The number of carboxylic acids is 1. The lowest BCUT2D eigenvalue weighted by Gasteiger charge is -2.19. The third-order valence-electron chi connectivity index (χ3n) is 4.66. The third kappa shape index (κ3) is 7.01. The molecule has 0 spiro atoms. The van der Waals surface area contributed by atoms with E-state index < -0.39 is 17.7 Å². The van der Waals surface area contributed by atoms with E-state index in [4.69, 9.17) is 14.2 Å². The van der Waals surface area contributed by atoms with Gasteiger partial charge in [-0.3, -0.25) is 4.98 Å². The van der Waals surface area contributed by atoms with Crippen LogP contribution in [0.4, 0.5) is 4.79 Å². The number of carboxylic acid groups (broad SMARTS) is 1. The molecule has 0 radical (unpaired) electrons. The lowest BCUT2D eigenvalue weighted by molar-refractivity contribution is 0.0522. The van der Waals surface area contributed by atoms with Crippen molar-refractivity contribution in [2.24, 2.45) is 0 Å². The van der Waals surface area contributed by atoms with E-state index in [1.165, 1.54) is 6.07 Å². The number of carbonyl (C=O) groups is 2. The number of unbranched alkanes of at least 4 members (excludes halogenated alkanes) is 1. The van der Waals surface area contributed by atoms with Crippen LogP contribution in [0, 0.1) is 0 Å². The molecule has 3 aromatic rings. The van der Waals surface area contributed by atoms with Gasteiger partial charge in [0.2, 0.25) is 5.88 Å². The number of ether oxygens (including phenoxy) is 3. The van der Waals surface area contributed by atoms with Gasteiger partial charge in [-0.2, -0.15) is 0 Å². The van der Waals surface area contributed by atoms with Gasteiger partial charge in [0.25, 0.3) is 0 Å². The molecule has 2 N–H and O–H groups in total. The molecule has 9 nitrogen and oxygen atoms in total. The van der Waals surface area contributed by atoms with Gasteiger partial charge in [0, 0.05) is 41.7 Å². The first-order valence-corrected chi connectivity index (χ1v) is 10.8. The van der Waals surface area contributed by atoms with E-state index in [0.717, 1.165) is 29.0 Å². The molecular weight excluding hydrogens is 426 g/mol. The van der Waals surface area contributed by atoms with E-state index in [9.17, 15) is 14.7 Å². The number of hydrogen-bond acceptors (Lipinski definition) is 7. The minimum atomic E-state index is -1.01. The van der Waals surface area contributed by atoms with Gasteiger partial charge in [-0.1, -0.05) is 6.07 Å². The van der Waals surface area contributed by atoms with Crippen LogP contribution in [-0.4, -0.2) is 59.1 Å². The summed E-state index contributed by atoms with van der Waals surface area (Å²) >= 11 is 0. The van der Waals surface area contributed by atoms with Crippen molar-refractivity contribution < 1.29 is 28.9 Å². The molecule has 0 atom stereocenters. The average Bonchev–Trinajstić information content (AvgIpc) is 2.76. The first-order chi connectivity index (χ1) is 15.7. The summed E-state index contributed by atoms with van der Waals surface area (Å²) in [4.78, 5) is 31.6. The highest BCUT2D eigenvalue weighted by Crippen LogP contribution is 2.30. The van der Waals surface area contributed by atoms with Crippen LogP contribution in [0.2, 0.25) is 0 Å². The highest BCUT2D eigenvalue weighted by Gasteiger charge is 2.15. The first kappa shape index (κ1) is 24.2. The maximum absolute atomic E-state index is 11.6. The molecule has 0 aliphatic rings. The number of aromatic nitrogens is 2. The molecule has 0 unspecified atom stereocenters. The van der Waals surface area contributed by atoms with Crippen molar-refractivity contribution in [2.45, 2.75) is 39.2 Å². The Hall–Kier alpha value is -3.46. The molecule has 9 heteroatoms. The number of nitrogens with zero attached hydrogens (tertiary/aromatic N) is 2. The molecule has 1 aromatic carbocycles. The lowest BCUT2D eigenvalue weighted by Crippen LogP contribution is -2.33. The van der Waals surface area contributed by atoms with Gasteiger partial charge in [0.1, 0.15) is 12.2 Å². The fraction of sp³-hybridized carbons (Fsp3) is 0.417. The molecule has 2 aromatic heterocycles. The van der Waals surface area contributed by atoms with E-state index in [1.807, 2.05) is 26.8 Å². The molecule has 33 heavy (non-hydrogen) atoms. The van der Waals surface area contributed by atoms with Crippen LogP contribution in [0.3, 0.4) is 0 Å². The van der Waals surface area contributed by atoms with Gasteiger partial charge in [-0.05, 0) is 51.8 Å². The van der Waals surface area contributed by atoms with Crippen molar-refractivity contribution in [3.05, 3.63) is 42.2 Å². The maximum atomic E-state index is 11.6.